The van der Waals surface area contributed by atoms with Gasteiger partial charge in [-0.1, -0.05) is 79.2 Å². The number of carbonyl (C=O) groups excluding carboxylic acids is 1. The molecule has 0 fully saturated rings. The molecule has 6 heteroatoms. The standard InChI is InChI=1S/C29H27NO4S/c1-3-23-11-15-26(16-12-23)30(35(32,33)28-19-9-22(2)10-20-28)29(31)21-34-27-17-13-25(14-18-27)24-7-5-4-6-8-24/h4-20H,3,21H2,1-2H3. The Morgan fingerprint density at radius 2 is 1.37 bits per heavy atom. The molecule has 0 aliphatic rings. The maximum absolute atomic E-state index is 13.5. The highest BCUT2D eigenvalue weighted by molar-refractivity contribution is 7.93. The highest BCUT2D eigenvalue weighted by Gasteiger charge is 2.31. The summed E-state index contributed by atoms with van der Waals surface area (Å²) in [6.07, 6.45) is 0.807. The van der Waals surface area contributed by atoms with Crippen LogP contribution in [0.5, 0.6) is 5.75 Å². The normalized spacial score (nSPS) is 11.1. The summed E-state index contributed by atoms with van der Waals surface area (Å²) in [4.78, 5) is 13.3. The Kier molecular flexibility index (Phi) is 7.32. The largest absolute Gasteiger partial charge is 0.484 e. The van der Waals surface area contributed by atoms with E-state index in [4.69, 9.17) is 4.74 Å². The molecule has 4 rings (SSSR count). The van der Waals surface area contributed by atoms with Crippen molar-refractivity contribution in [2.75, 3.05) is 10.9 Å². The smallest absolute Gasteiger partial charge is 0.278 e. The molecule has 0 aliphatic heterocycles. The first-order valence-corrected chi connectivity index (χ1v) is 12.8. The first-order valence-electron chi connectivity index (χ1n) is 11.4. The lowest BCUT2D eigenvalue weighted by Crippen LogP contribution is -2.40. The molecule has 0 atom stereocenters. The summed E-state index contributed by atoms with van der Waals surface area (Å²) in [5.74, 6) is -0.200. The predicted octanol–water partition coefficient (Wildman–Crippen LogP) is 6.03. The summed E-state index contributed by atoms with van der Waals surface area (Å²) in [5.41, 5.74) is 4.33. The topological polar surface area (TPSA) is 63.7 Å². The summed E-state index contributed by atoms with van der Waals surface area (Å²) in [6.45, 7) is 3.46. The molecule has 4 aromatic carbocycles. The first-order chi connectivity index (χ1) is 16.9. The Labute approximate surface area is 206 Å². The van der Waals surface area contributed by atoms with Gasteiger partial charge in [-0.3, -0.25) is 4.79 Å². The van der Waals surface area contributed by atoms with E-state index in [1.54, 1.807) is 36.4 Å². The number of sulfonamides is 1. The van der Waals surface area contributed by atoms with Gasteiger partial charge in [0.05, 0.1) is 10.6 Å². The molecule has 0 saturated carbocycles. The third-order valence-corrected chi connectivity index (χ3v) is 7.45. The number of nitrogens with zero attached hydrogens (tertiary/aromatic N) is 1. The van der Waals surface area contributed by atoms with Crippen molar-refractivity contribution in [2.45, 2.75) is 25.2 Å². The van der Waals surface area contributed by atoms with Crippen LogP contribution in [0, 0.1) is 6.92 Å². The van der Waals surface area contributed by atoms with Crippen LogP contribution in [0.2, 0.25) is 0 Å². The van der Waals surface area contributed by atoms with Gasteiger partial charge in [-0.05, 0) is 66.4 Å². The van der Waals surface area contributed by atoms with Crippen molar-refractivity contribution >= 4 is 21.6 Å². The molecular formula is C29H27NO4S. The predicted molar refractivity (Wildman–Crippen MR) is 139 cm³/mol. The molecule has 4 aromatic rings. The molecule has 0 heterocycles. The second-order valence-electron chi connectivity index (χ2n) is 8.18. The number of rotatable bonds is 8. The van der Waals surface area contributed by atoms with E-state index in [0.717, 1.165) is 33.0 Å². The molecule has 0 N–H and O–H groups in total. The number of hydrogen-bond acceptors (Lipinski definition) is 4. The van der Waals surface area contributed by atoms with Crippen molar-refractivity contribution in [3.63, 3.8) is 0 Å². The SMILES string of the molecule is CCc1ccc(N(C(=O)COc2ccc(-c3ccccc3)cc2)S(=O)(=O)c2ccc(C)cc2)cc1. The molecule has 35 heavy (non-hydrogen) atoms. The highest BCUT2D eigenvalue weighted by atomic mass is 32.2. The minimum atomic E-state index is -4.13. The third kappa shape index (κ3) is 5.61. The van der Waals surface area contributed by atoms with Gasteiger partial charge < -0.3 is 4.74 Å². The van der Waals surface area contributed by atoms with Crippen molar-refractivity contribution < 1.29 is 17.9 Å². The van der Waals surface area contributed by atoms with E-state index >= 15 is 0 Å². The van der Waals surface area contributed by atoms with E-state index in [-0.39, 0.29) is 10.6 Å². The Hall–Kier alpha value is -3.90. The zero-order valence-electron chi connectivity index (χ0n) is 19.7. The number of ether oxygens (including phenoxy) is 1. The minimum absolute atomic E-state index is 0.0447. The van der Waals surface area contributed by atoms with Crippen LogP contribution >= 0.6 is 0 Å². The van der Waals surface area contributed by atoms with Crippen molar-refractivity contribution in [1.29, 1.82) is 0 Å². The monoisotopic (exact) mass is 485 g/mol. The fraction of sp³-hybridized carbons (Fsp3) is 0.138. The molecule has 0 unspecified atom stereocenters. The van der Waals surface area contributed by atoms with E-state index in [1.807, 2.05) is 68.4 Å². The molecule has 0 radical (unpaired) electrons. The lowest BCUT2D eigenvalue weighted by atomic mass is 10.1. The molecule has 0 aliphatic carbocycles. The van der Waals surface area contributed by atoms with Crippen LogP contribution < -0.4 is 9.04 Å². The number of carbonyl (C=O) groups is 1. The van der Waals surface area contributed by atoms with Crippen molar-refractivity contribution in [3.8, 4) is 16.9 Å². The molecule has 178 valence electrons. The van der Waals surface area contributed by atoms with Gasteiger partial charge in [0.25, 0.3) is 15.9 Å². The van der Waals surface area contributed by atoms with Crippen LogP contribution in [0.4, 0.5) is 5.69 Å². The number of amides is 1. The van der Waals surface area contributed by atoms with Crippen LogP contribution in [-0.4, -0.2) is 20.9 Å². The molecule has 0 saturated heterocycles. The van der Waals surface area contributed by atoms with Gasteiger partial charge in [-0.2, -0.15) is 4.31 Å². The van der Waals surface area contributed by atoms with Crippen LogP contribution in [0.25, 0.3) is 11.1 Å². The molecule has 1 amide bonds. The number of aryl methyl sites for hydroxylation is 2. The van der Waals surface area contributed by atoms with Gasteiger partial charge in [0, 0.05) is 0 Å². The van der Waals surface area contributed by atoms with E-state index < -0.39 is 22.5 Å². The Bertz CT molecular complexity index is 1380. The second-order valence-corrected chi connectivity index (χ2v) is 9.96. The van der Waals surface area contributed by atoms with Crippen molar-refractivity contribution in [2.24, 2.45) is 0 Å². The Morgan fingerprint density at radius 1 is 0.771 bits per heavy atom. The second kappa shape index (κ2) is 10.6. The number of hydrogen-bond donors (Lipinski definition) is 0. The molecular weight excluding hydrogens is 458 g/mol. The quantitative estimate of drug-likeness (QED) is 0.306. The Morgan fingerprint density at radius 3 is 1.97 bits per heavy atom. The summed E-state index contributed by atoms with van der Waals surface area (Å²) >= 11 is 0. The van der Waals surface area contributed by atoms with Gasteiger partial charge in [-0.25, -0.2) is 8.42 Å². The maximum Gasteiger partial charge on any atom is 0.278 e. The first kappa shape index (κ1) is 24.2. The molecule has 5 nitrogen and oxygen atoms in total. The average molecular weight is 486 g/mol. The van der Waals surface area contributed by atoms with E-state index in [1.165, 1.54) is 12.1 Å². The third-order valence-electron chi connectivity index (χ3n) is 5.69. The van der Waals surface area contributed by atoms with Crippen LogP contribution in [-0.2, 0) is 21.2 Å². The van der Waals surface area contributed by atoms with Gasteiger partial charge >= 0.3 is 0 Å². The maximum atomic E-state index is 13.5. The van der Waals surface area contributed by atoms with Gasteiger partial charge in [0.15, 0.2) is 6.61 Å². The lowest BCUT2D eigenvalue weighted by Gasteiger charge is -2.23. The van der Waals surface area contributed by atoms with Gasteiger partial charge in [0.2, 0.25) is 0 Å². The summed E-state index contributed by atoms with van der Waals surface area (Å²) in [5, 5.41) is 0. The average Bonchev–Trinajstić information content (AvgIpc) is 2.89. The lowest BCUT2D eigenvalue weighted by molar-refractivity contribution is -0.119. The number of anilines is 1. The highest BCUT2D eigenvalue weighted by Crippen LogP contribution is 2.26. The minimum Gasteiger partial charge on any atom is -0.484 e. The zero-order valence-corrected chi connectivity index (χ0v) is 20.5. The van der Waals surface area contributed by atoms with Crippen LogP contribution in [0.15, 0.2) is 108 Å². The van der Waals surface area contributed by atoms with Gasteiger partial charge in [-0.15, -0.1) is 0 Å². The summed E-state index contributed by atoms with van der Waals surface area (Å²) in [7, 11) is -4.13. The zero-order chi connectivity index (χ0) is 24.8. The Balaban J connectivity index is 1.58. The van der Waals surface area contributed by atoms with E-state index in [9.17, 15) is 13.2 Å². The van der Waals surface area contributed by atoms with E-state index in [0.29, 0.717) is 5.75 Å². The van der Waals surface area contributed by atoms with Crippen molar-refractivity contribution in [1.82, 2.24) is 0 Å². The van der Waals surface area contributed by atoms with Crippen LogP contribution in [0.3, 0.4) is 0 Å². The van der Waals surface area contributed by atoms with E-state index in [2.05, 4.69) is 0 Å². The molecule has 0 spiro atoms. The number of benzene rings is 4. The van der Waals surface area contributed by atoms with Crippen molar-refractivity contribution in [3.05, 3.63) is 114 Å². The molecule has 0 aromatic heterocycles. The fourth-order valence-electron chi connectivity index (χ4n) is 3.68. The fourth-order valence-corrected chi connectivity index (χ4v) is 5.09. The summed E-state index contributed by atoms with van der Waals surface area (Å²) in [6, 6.07) is 30.6. The summed E-state index contributed by atoms with van der Waals surface area (Å²) < 4.78 is 33.5. The van der Waals surface area contributed by atoms with Gasteiger partial charge in [0.1, 0.15) is 5.75 Å². The molecule has 0 bridgehead atoms. The van der Waals surface area contributed by atoms with Crippen LogP contribution in [0.1, 0.15) is 18.1 Å².